The minimum Gasteiger partial charge on any atom is -0.359 e. The predicted molar refractivity (Wildman–Crippen MR) is 96.9 cm³/mol. The number of rotatable bonds is 4. The Morgan fingerprint density at radius 3 is 2.47 bits per heavy atom. The van der Waals surface area contributed by atoms with Crippen LogP contribution in [0.5, 0.6) is 0 Å². The second kappa shape index (κ2) is 7.29. The molecular weight excluding hydrogens is 409 g/mol. The minimum atomic E-state index is -4.42. The maximum atomic E-state index is 13.5. The molecule has 0 aliphatic heterocycles. The van der Waals surface area contributed by atoms with Gasteiger partial charge in [-0.25, -0.2) is 8.78 Å². The van der Waals surface area contributed by atoms with Crippen LogP contribution in [0.1, 0.15) is 27.4 Å². The van der Waals surface area contributed by atoms with Crippen molar-refractivity contribution in [3.05, 3.63) is 82.9 Å². The van der Waals surface area contributed by atoms with Gasteiger partial charge in [0.1, 0.15) is 0 Å². The van der Waals surface area contributed by atoms with Crippen LogP contribution in [0, 0.1) is 11.6 Å². The lowest BCUT2D eigenvalue weighted by molar-refractivity contribution is -0.137. The number of carbonyl (C=O) groups excluding carboxylic acids is 1. The number of nitrogens with one attached hydrogen (secondary N) is 2. The fraction of sp³-hybridized carbons (Fsp3) is 0.100. The Balaban J connectivity index is 1.47. The summed E-state index contributed by atoms with van der Waals surface area (Å²) in [6, 6.07) is 7.82. The molecule has 5 nitrogen and oxygen atoms in total. The summed E-state index contributed by atoms with van der Waals surface area (Å²) in [7, 11) is 0. The monoisotopic (exact) mass is 421 g/mol. The Bertz CT molecular complexity index is 1230. The van der Waals surface area contributed by atoms with E-state index in [4.69, 9.17) is 4.52 Å². The van der Waals surface area contributed by atoms with Crippen molar-refractivity contribution in [2.75, 3.05) is 5.32 Å². The lowest BCUT2D eigenvalue weighted by atomic mass is 10.1. The normalized spacial score (nSPS) is 11.8. The van der Waals surface area contributed by atoms with Gasteiger partial charge in [0.2, 0.25) is 5.76 Å². The molecule has 4 rings (SSSR count). The van der Waals surface area contributed by atoms with Crippen molar-refractivity contribution in [3.63, 3.8) is 0 Å². The number of aromatic nitrogens is 2. The topological polar surface area (TPSA) is 70.9 Å². The number of anilines is 1. The van der Waals surface area contributed by atoms with Crippen LogP contribution in [-0.4, -0.2) is 16.0 Å². The second-order valence-electron chi connectivity index (χ2n) is 6.52. The number of amides is 1. The quantitative estimate of drug-likeness (QED) is 0.440. The first-order valence-corrected chi connectivity index (χ1v) is 8.60. The Labute approximate surface area is 165 Å². The molecule has 0 fully saturated rings. The van der Waals surface area contributed by atoms with Crippen LogP contribution >= 0.6 is 0 Å². The fourth-order valence-corrected chi connectivity index (χ4v) is 2.93. The van der Waals surface area contributed by atoms with Crippen LogP contribution in [0.2, 0.25) is 0 Å². The fourth-order valence-electron chi connectivity index (χ4n) is 2.93. The van der Waals surface area contributed by atoms with Gasteiger partial charge in [0.25, 0.3) is 5.91 Å². The molecule has 2 aromatic carbocycles. The molecular formula is C20H12F5N3O2. The van der Waals surface area contributed by atoms with Gasteiger partial charge in [-0.3, -0.25) is 4.79 Å². The maximum absolute atomic E-state index is 13.5. The van der Waals surface area contributed by atoms with Crippen LogP contribution in [0.15, 0.2) is 53.2 Å². The average molecular weight is 421 g/mol. The van der Waals surface area contributed by atoms with E-state index in [0.29, 0.717) is 16.8 Å². The minimum absolute atomic E-state index is 0.145. The van der Waals surface area contributed by atoms with Crippen LogP contribution in [-0.2, 0) is 12.6 Å². The van der Waals surface area contributed by atoms with E-state index in [1.807, 2.05) is 0 Å². The Kier molecular flexibility index (Phi) is 4.76. The third kappa shape index (κ3) is 3.88. The molecule has 0 bridgehead atoms. The molecule has 0 atom stereocenters. The number of aromatic amines is 1. The van der Waals surface area contributed by atoms with Gasteiger partial charge in [0.15, 0.2) is 11.6 Å². The van der Waals surface area contributed by atoms with Gasteiger partial charge in [-0.15, -0.1) is 0 Å². The van der Waals surface area contributed by atoms with Crippen molar-refractivity contribution in [1.29, 1.82) is 0 Å². The second-order valence-corrected chi connectivity index (χ2v) is 6.52. The van der Waals surface area contributed by atoms with Crippen molar-refractivity contribution >= 4 is 22.5 Å². The van der Waals surface area contributed by atoms with Gasteiger partial charge in [-0.2, -0.15) is 13.2 Å². The van der Waals surface area contributed by atoms with E-state index in [2.05, 4.69) is 15.5 Å². The van der Waals surface area contributed by atoms with Gasteiger partial charge in [-0.05, 0) is 23.8 Å². The maximum Gasteiger partial charge on any atom is 0.416 e. The molecule has 2 N–H and O–H groups in total. The molecule has 0 aliphatic carbocycles. The number of benzene rings is 2. The number of H-pyrrole nitrogens is 1. The van der Waals surface area contributed by atoms with E-state index < -0.39 is 29.3 Å². The van der Waals surface area contributed by atoms with E-state index in [-0.39, 0.29) is 23.3 Å². The number of hydrogen-bond donors (Lipinski definition) is 2. The molecule has 1 amide bonds. The molecule has 0 saturated carbocycles. The van der Waals surface area contributed by atoms with Crippen LogP contribution in [0.3, 0.4) is 0 Å². The van der Waals surface area contributed by atoms with Gasteiger partial charge in [-0.1, -0.05) is 17.3 Å². The highest BCUT2D eigenvalue weighted by atomic mass is 19.4. The van der Waals surface area contributed by atoms with E-state index >= 15 is 0 Å². The first-order chi connectivity index (χ1) is 14.2. The molecule has 4 aromatic rings. The molecule has 0 unspecified atom stereocenters. The van der Waals surface area contributed by atoms with E-state index in [9.17, 15) is 26.7 Å². The van der Waals surface area contributed by atoms with Gasteiger partial charge in [0.05, 0.1) is 22.5 Å². The Hall–Kier alpha value is -3.69. The molecule has 2 heterocycles. The third-order valence-electron chi connectivity index (χ3n) is 4.42. The number of halogens is 5. The van der Waals surface area contributed by atoms with Crippen LogP contribution in [0.25, 0.3) is 10.9 Å². The molecule has 10 heteroatoms. The molecule has 0 aliphatic rings. The lowest BCUT2D eigenvalue weighted by Crippen LogP contribution is -2.10. The summed E-state index contributed by atoms with van der Waals surface area (Å²) in [5.74, 6) is -2.90. The van der Waals surface area contributed by atoms with Crippen molar-refractivity contribution < 1.29 is 31.3 Å². The smallest absolute Gasteiger partial charge is 0.359 e. The van der Waals surface area contributed by atoms with Gasteiger partial charge >= 0.3 is 6.18 Å². The molecule has 2 aromatic heterocycles. The highest BCUT2D eigenvalue weighted by Crippen LogP contribution is 2.29. The zero-order chi connectivity index (χ0) is 21.5. The number of alkyl halides is 3. The molecule has 0 radical (unpaired) electrons. The number of nitrogens with zero attached hydrogens (tertiary/aromatic N) is 1. The summed E-state index contributed by atoms with van der Waals surface area (Å²) in [5.41, 5.74) is 0.644. The highest BCUT2D eigenvalue weighted by Gasteiger charge is 2.30. The van der Waals surface area contributed by atoms with E-state index in [0.717, 1.165) is 24.3 Å². The summed E-state index contributed by atoms with van der Waals surface area (Å²) < 4.78 is 69.6. The lowest BCUT2D eigenvalue weighted by Gasteiger charge is -2.06. The van der Waals surface area contributed by atoms with Gasteiger partial charge < -0.3 is 14.8 Å². The Morgan fingerprint density at radius 1 is 1.07 bits per heavy atom. The van der Waals surface area contributed by atoms with Crippen molar-refractivity contribution in [3.8, 4) is 0 Å². The van der Waals surface area contributed by atoms with E-state index in [1.165, 1.54) is 24.4 Å². The SMILES string of the molecule is O=C(Nc1c[nH]c2cc(F)c(F)cc12)c1cc(Cc2ccc(C(F)(F)F)cc2)no1. The molecule has 0 spiro atoms. The molecule has 154 valence electrons. The van der Waals surface area contributed by atoms with Crippen LogP contribution < -0.4 is 5.32 Å². The van der Waals surface area contributed by atoms with Crippen molar-refractivity contribution in [2.45, 2.75) is 12.6 Å². The average Bonchev–Trinajstić information content (AvgIpc) is 3.30. The number of hydrogen-bond acceptors (Lipinski definition) is 3. The summed E-state index contributed by atoms with van der Waals surface area (Å²) in [5, 5.41) is 6.53. The van der Waals surface area contributed by atoms with Crippen molar-refractivity contribution in [2.24, 2.45) is 0 Å². The van der Waals surface area contributed by atoms with Crippen molar-refractivity contribution in [1.82, 2.24) is 10.1 Å². The highest BCUT2D eigenvalue weighted by molar-refractivity contribution is 6.07. The first kappa shape index (κ1) is 19.6. The molecule has 0 saturated heterocycles. The predicted octanol–water partition coefficient (Wildman–Crippen LogP) is 5.30. The summed E-state index contributed by atoms with van der Waals surface area (Å²) in [6.45, 7) is 0. The molecule has 30 heavy (non-hydrogen) atoms. The van der Waals surface area contributed by atoms with Gasteiger partial charge in [0, 0.05) is 30.1 Å². The first-order valence-electron chi connectivity index (χ1n) is 8.60. The number of carbonyl (C=O) groups is 1. The largest absolute Gasteiger partial charge is 0.416 e. The summed E-state index contributed by atoms with van der Waals surface area (Å²) in [4.78, 5) is 15.1. The zero-order valence-corrected chi connectivity index (χ0v) is 15.0. The number of fused-ring (bicyclic) bond motifs is 1. The summed E-state index contributed by atoms with van der Waals surface area (Å²) >= 11 is 0. The zero-order valence-electron chi connectivity index (χ0n) is 15.0. The van der Waals surface area contributed by atoms with Crippen LogP contribution in [0.4, 0.5) is 27.6 Å². The third-order valence-corrected chi connectivity index (χ3v) is 4.42. The standard InChI is InChI=1S/C20H12F5N3O2/c21-14-7-13-16(8-15(14)22)26-9-17(13)27-19(29)18-6-12(28-30-18)5-10-1-3-11(4-2-10)20(23,24)25/h1-4,6-9,26H,5H2,(H,27,29). The summed E-state index contributed by atoms with van der Waals surface area (Å²) in [6.07, 6.45) is -2.89. The van der Waals surface area contributed by atoms with E-state index in [1.54, 1.807) is 0 Å². The Morgan fingerprint density at radius 2 is 1.77 bits per heavy atom.